The van der Waals surface area contributed by atoms with Crippen LogP contribution in [0.25, 0.3) is 0 Å². The summed E-state index contributed by atoms with van der Waals surface area (Å²) < 4.78 is 14.8. The Morgan fingerprint density at radius 3 is 1.11 bits per heavy atom. The second kappa shape index (κ2) is 56.8. The van der Waals surface area contributed by atoms with Crippen LogP contribution in [0, 0.1) is 29.1 Å². The molecule has 0 aromatic heterocycles. The maximum atomic E-state index is 10.9. The second-order valence-electron chi connectivity index (χ2n) is 19.4. The van der Waals surface area contributed by atoms with Crippen molar-refractivity contribution in [1.29, 1.82) is 0 Å². The predicted octanol–water partition coefficient (Wildman–Crippen LogP) is 4.54. The molecule has 1 saturated heterocycles. The number of likely N-dealkylation sites (tertiary alicyclic amines) is 1. The molecule has 0 aromatic carbocycles. The van der Waals surface area contributed by atoms with Gasteiger partial charge in [0.15, 0.2) is 17.3 Å². The molecule has 0 radical (unpaired) electrons. The number of nitrogens with one attached hydrogen (secondary N) is 6. The zero-order chi connectivity index (χ0) is 59.4. The highest BCUT2D eigenvalue weighted by molar-refractivity contribution is 5.85. The zero-order valence-electron chi connectivity index (χ0n) is 51.1. The fourth-order valence-electron chi connectivity index (χ4n) is 5.78. The van der Waals surface area contributed by atoms with Crippen molar-refractivity contribution in [1.82, 2.24) is 36.8 Å². The number of Topliss-reactive ketones (excluding diaryl/α,β-unsaturated/α-hetero) is 9. The van der Waals surface area contributed by atoms with Crippen LogP contribution >= 0.6 is 0 Å². The van der Waals surface area contributed by atoms with E-state index in [1.807, 2.05) is 70.0 Å². The molecule has 6 N–H and O–H groups in total. The van der Waals surface area contributed by atoms with Crippen molar-refractivity contribution in [3.05, 3.63) is 0 Å². The molecule has 19 heteroatoms. The molecular weight excluding hydrogens is 963 g/mol. The van der Waals surface area contributed by atoms with Gasteiger partial charge in [0.2, 0.25) is 0 Å². The topological polar surface area (TPSA) is 257 Å². The molecule has 1 aliphatic heterocycles. The quantitative estimate of drug-likeness (QED) is 0.0588. The maximum absolute atomic E-state index is 10.9. The number of nitrogens with zero attached hydrogens (tertiary/aromatic N) is 1. The number of rotatable bonds is 28. The molecule has 4 atom stereocenters. The van der Waals surface area contributed by atoms with Crippen molar-refractivity contribution in [3.63, 3.8) is 0 Å². The minimum atomic E-state index is 0.0503. The number of piperidine rings is 1. The van der Waals surface area contributed by atoms with E-state index in [4.69, 9.17) is 14.2 Å². The summed E-state index contributed by atoms with van der Waals surface area (Å²) in [5.41, 5.74) is 0.0503. The Morgan fingerprint density at radius 2 is 0.960 bits per heavy atom. The Hall–Kier alpha value is -3.37. The van der Waals surface area contributed by atoms with Crippen LogP contribution in [0.2, 0.25) is 0 Å². The van der Waals surface area contributed by atoms with Crippen LogP contribution in [0.5, 0.6) is 0 Å². The van der Waals surface area contributed by atoms with E-state index < -0.39 is 0 Å². The molecule has 0 aromatic rings. The molecule has 75 heavy (non-hydrogen) atoms. The van der Waals surface area contributed by atoms with E-state index >= 15 is 0 Å². The van der Waals surface area contributed by atoms with Crippen LogP contribution in [-0.2, 0) is 57.4 Å². The van der Waals surface area contributed by atoms with Crippen LogP contribution in [0.3, 0.4) is 0 Å². The van der Waals surface area contributed by atoms with Gasteiger partial charge in [-0.25, -0.2) is 0 Å². The largest absolute Gasteiger partial charge is 0.372 e. The van der Waals surface area contributed by atoms with Crippen molar-refractivity contribution >= 4 is 52.0 Å². The van der Waals surface area contributed by atoms with Gasteiger partial charge in [-0.1, -0.05) is 27.7 Å². The number of hydrogen-bond acceptors (Lipinski definition) is 19. The summed E-state index contributed by atoms with van der Waals surface area (Å²) in [5, 5.41) is 17.7. The van der Waals surface area contributed by atoms with Crippen LogP contribution in [0.4, 0.5) is 0 Å². The number of ketones is 9. The SMILES string of the molecule is CC(=O)C1CCN(C)CC1.CCC(C)C(C)=O.CCCC(C)=O.CNC1CC1C(C)=O.CNCC(C)C(C)=O.CNCC1(C(C)=O)CC1.CNCCOCC(C)=O.CNCCOCC(C)=O.CNCCOCC(C)=O. The molecule has 3 rings (SSSR count). The second-order valence-corrected chi connectivity index (χ2v) is 19.4. The van der Waals surface area contributed by atoms with Crippen molar-refractivity contribution in [2.75, 3.05) is 135 Å². The van der Waals surface area contributed by atoms with Gasteiger partial charge in [-0.05, 0) is 170 Å². The van der Waals surface area contributed by atoms with Gasteiger partial charge in [0.05, 0.1) is 19.8 Å². The van der Waals surface area contributed by atoms with E-state index in [-0.39, 0.29) is 66.0 Å². The van der Waals surface area contributed by atoms with Crippen molar-refractivity contribution in [2.45, 2.75) is 147 Å². The number of likely N-dealkylation sites (N-methyl/N-ethyl adjacent to an activating group) is 3. The summed E-state index contributed by atoms with van der Waals surface area (Å²) in [6, 6.07) is 0.493. The van der Waals surface area contributed by atoms with E-state index in [1.54, 1.807) is 41.5 Å². The molecule has 2 aliphatic carbocycles. The highest BCUT2D eigenvalue weighted by Gasteiger charge is 2.46. The summed E-state index contributed by atoms with van der Waals surface area (Å²) in [6.45, 7) is 31.1. The number of ether oxygens (including phenoxy) is 3. The third-order valence-electron chi connectivity index (χ3n) is 11.6. The molecule has 19 nitrogen and oxygen atoms in total. The standard InChI is InChI=1S/C8H15NO.C7H13NO.3C6H13NO2.C6H11NO.C6H13NO.C6H12O.C5H10O/c1-7(10)8-3-5-9(2)6-4-8;1-6(9)7(3-4-7)5-8-2;3*1-6(8)5-9-4-3-7-2;1-4(8)5-3-6(5)7-2;1-5(4-7-3)6(2)8;1-4-5(2)6(3)7;1-3-4-5(2)6/h8H,3-6H2,1-2H3;8H,3-5H2,1-2H3;3*7H,3-5H2,1-2H3;5-7H,3H2,1-2H3;5,7H,4H2,1-3H3;5H,4H2,1-3H3;3-4H2,1-2H3. The molecule has 0 spiro atoms. The van der Waals surface area contributed by atoms with Gasteiger partial charge < -0.3 is 55.8 Å². The molecular formula is C56H113N7O12. The molecule has 3 fully saturated rings. The average molecular weight is 1080 g/mol. The van der Waals surface area contributed by atoms with E-state index in [2.05, 4.69) is 43.8 Å². The Balaban J connectivity index is -0.000000179. The van der Waals surface area contributed by atoms with E-state index in [0.717, 1.165) is 97.2 Å². The maximum Gasteiger partial charge on any atom is 0.155 e. The Morgan fingerprint density at radius 1 is 0.560 bits per heavy atom. The van der Waals surface area contributed by atoms with E-state index in [0.29, 0.717) is 60.8 Å². The van der Waals surface area contributed by atoms with Gasteiger partial charge in [0.25, 0.3) is 0 Å². The van der Waals surface area contributed by atoms with Crippen LogP contribution in [0.15, 0.2) is 0 Å². The first-order valence-corrected chi connectivity index (χ1v) is 26.9. The lowest BCUT2D eigenvalue weighted by Gasteiger charge is -2.26. The first-order chi connectivity index (χ1) is 35.1. The van der Waals surface area contributed by atoms with Crippen molar-refractivity contribution < 1.29 is 57.4 Å². The third kappa shape index (κ3) is 64.8. The van der Waals surface area contributed by atoms with Gasteiger partial charge in [0, 0.05) is 74.3 Å². The van der Waals surface area contributed by atoms with E-state index in [9.17, 15) is 43.2 Å². The summed E-state index contributed by atoms with van der Waals surface area (Å²) in [6.07, 6.45) is 8.03. The Bertz CT molecular complexity index is 1420. The minimum Gasteiger partial charge on any atom is -0.372 e. The van der Waals surface area contributed by atoms with E-state index in [1.165, 1.54) is 20.8 Å². The Kier molecular flexibility index (Phi) is 62.9. The van der Waals surface area contributed by atoms with Crippen LogP contribution in [0.1, 0.15) is 141 Å². The molecule has 4 unspecified atom stereocenters. The highest BCUT2D eigenvalue weighted by atomic mass is 16.5. The predicted molar refractivity (Wildman–Crippen MR) is 305 cm³/mol. The first-order valence-electron chi connectivity index (χ1n) is 26.9. The first kappa shape index (κ1) is 83.0. The van der Waals surface area contributed by atoms with Gasteiger partial charge in [-0.2, -0.15) is 0 Å². The summed E-state index contributed by atoms with van der Waals surface area (Å²) in [5.74, 6) is 3.22. The fraction of sp³-hybridized carbons (Fsp3) is 0.839. The molecule has 0 bridgehead atoms. The molecule has 3 aliphatic rings. The highest BCUT2D eigenvalue weighted by Crippen LogP contribution is 2.45. The number of hydrogen-bond donors (Lipinski definition) is 6. The fourth-order valence-corrected chi connectivity index (χ4v) is 5.78. The zero-order valence-corrected chi connectivity index (χ0v) is 51.1. The Labute approximate surface area is 456 Å². The van der Waals surface area contributed by atoms with Crippen LogP contribution < -0.4 is 31.9 Å². The average Bonchev–Trinajstić information content (AvgIpc) is 4.29. The van der Waals surface area contributed by atoms with Gasteiger partial charge in [-0.3, -0.25) is 38.4 Å². The van der Waals surface area contributed by atoms with Gasteiger partial charge in [-0.15, -0.1) is 0 Å². The molecule has 2 saturated carbocycles. The van der Waals surface area contributed by atoms with Crippen molar-refractivity contribution in [2.24, 2.45) is 29.1 Å². The lowest BCUT2D eigenvalue weighted by Crippen LogP contribution is -2.32. The van der Waals surface area contributed by atoms with Gasteiger partial charge >= 0.3 is 0 Å². The lowest BCUT2D eigenvalue weighted by atomic mass is 9.94. The van der Waals surface area contributed by atoms with Gasteiger partial charge in [0.1, 0.15) is 54.5 Å². The summed E-state index contributed by atoms with van der Waals surface area (Å²) >= 11 is 0. The summed E-state index contributed by atoms with van der Waals surface area (Å²) in [4.78, 5) is 96.3. The lowest BCUT2D eigenvalue weighted by molar-refractivity contribution is -0.122. The summed E-state index contributed by atoms with van der Waals surface area (Å²) in [7, 11) is 13.3. The number of carbonyl (C=O) groups is 9. The molecule has 1 heterocycles. The minimum absolute atomic E-state index is 0.0503. The smallest absolute Gasteiger partial charge is 0.155 e. The van der Waals surface area contributed by atoms with Crippen molar-refractivity contribution in [3.8, 4) is 0 Å². The molecule has 444 valence electrons. The monoisotopic (exact) mass is 1080 g/mol. The molecule has 0 amide bonds. The van der Waals surface area contributed by atoms with Crippen LogP contribution in [-0.4, -0.2) is 198 Å². The normalized spacial score (nSPS) is 16.2. The number of carbonyl (C=O) groups excluding carboxylic acids is 9. The third-order valence-corrected chi connectivity index (χ3v) is 11.6.